The van der Waals surface area contributed by atoms with E-state index in [1.807, 2.05) is 26.0 Å². The number of fused-ring (bicyclic) bond motifs is 1. The molecule has 114 valence electrons. The molecule has 0 unspecified atom stereocenters. The van der Waals surface area contributed by atoms with Crippen molar-refractivity contribution in [2.45, 2.75) is 20.4 Å². The molecule has 3 aromatic rings. The molecule has 3 rings (SSSR count). The molecule has 2 aromatic heterocycles. The molecule has 0 fully saturated rings. The number of nitrogens with one attached hydrogen (secondary N) is 3. The molecule has 0 bridgehead atoms. The number of hydrogen-bond acceptors (Lipinski definition) is 3. The van der Waals surface area contributed by atoms with Gasteiger partial charge in [0.15, 0.2) is 0 Å². The van der Waals surface area contributed by atoms with Crippen LogP contribution in [0.2, 0.25) is 0 Å². The first-order valence-corrected chi connectivity index (χ1v) is 6.93. The molecule has 0 radical (unpaired) electrons. The fraction of sp³-hybridized carbons (Fsp3) is 0.267. The molecule has 3 N–H and O–H groups in total. The van der Waals surface area contributed by atoms with Crippen molar-refractivity contribution >= 4 is 16.9 Å². The molecular formula is C15H17N5O2. The van der Waals surface area contributed by atoms with E-state index in [2.05, 4.69) is 19.9 Å². The summed E-state index contributed by atoms with van der Waals surface area (Å²) in [6.07, 6.45) is 1.37. The molecule has 22 heavy (non-hydrogen) atoms. The Kier molecular flexibility index (Phi) is 3.32. The van der Waals surface area contributed by atoms with Crippen LogP contribution in [0.3, 0.4) is 0 Å². The van der Waals surface area contributed by atoms with Gasteiger partial charge in [0.1, 0.15) is 11.5 Å². The molecule has 7 nitrogen and oxygen atoms in total. The SMILES string of the molecule is Cc1cc2nc(CN(C)C(=O)c3c[nH]c(=O)[nH]3)[nH]c2cc1C. The Hall–Kier alpha value is -2.83. The molecule has 1 aromatic carbocycles. The minimum Gasteiger partial charge on any atom is -0.340 e. The van der Waals surface area contributed by atoms with E-state index in [0.717, 1.165) is 11.0 Å². The second-order valence-corrected chi connectivity index (χ2v) is 5.45. The Morgan fingerprint density at radius 2 is 1.95 bits per heavy atom. The van der Waals surface area contributed by atoms with Crippen molar-refractivity contribution < 1.29 is 4.79 Å². The summed E-state index contributed by atoms with van der Waals surface area (Å²) in [5, 5.41) is 0. The van der Waals surface area contributed by atoms with E-state index in [1.54, 1.807) is 7.05 Å². The normalized spacial score (nSPS) is 11.0. The van der Waals surface area contributed by atoms with Gasteiger partial charge in [-0.05, 0) is 37.1 Å². The van der Waals surface area contributed by atoms with Gasteiger partial charge < -0.3 is 19.9 Å². The fourth-order valence-electron chi connectivity index (χ4n) is 2.35. The number of H-pyrrole nitrogens is 3. The Morgan fingerprint density at radius 1 is 1.23 bits per heavy atom. The van der Waals surface area contributed by atoms with Crippen molar-refractivity contribution in [1.82, 2.24) is 24.8 Å². The maximum atomic E-state index is 12.2. The summed E-state index contributed by atoms with van der Waals surface area (Å²) in [7, 11) is 1.66. The lowest BCUT2D eigenvalue weighted by Gasteiger charge is -2.14. The first-order chi connectivity index (χ1) is 10.4. The van der Waals surface area contributed by atoms with Crippen molar-refractivity contribution in [3.63, 3.8) is 0 Å². The highest BCUT2D eigenvalue weighted by atomic mass is 16.2. The number of nitrogens with zero attached hydrogens (tertiary/aromatic N) is 2. The fourth-order valence-corrected chi connectivity index (χ4v) is 2.35. The van der Waals surface area contributed by atoms with Gasteiger partial charge in [0, 0.05) is 13.2 Å². The average molecular weight is 299 g/mol. The van der Waals surface area contributed by atoms with Crippen LogP contribution in [0.5, 0.6) is 0 Å². The lowest BCUT2D eigenvalue weighted by Crippen LogP contribution is -2.27. The van der Waals surface area contributed by atoms with Gasteiger partial charge in [-0.3, -0.25) is 4.79 Å². The number of benzene rings is 1. The highest BCUT2D eigenvalue weighted by Gasteiger charge is 2.15. The predicted molar refractivity (Wildman–Crippen MR) is 82.8 cm³/mol. The smallest absolute Gasteiger partial charge is 0.323 e. The van der Waals surface area contributed by atoms with E-state index in [9.17, 15) is 9.59 Å². The van der Waals surface area contributed by atoms with Crippen molar-refractivity contribution in [1.29, 1.82) is 0 Å². The van der Waals surface area contributed by atoms with Gasteiger partial charge in [-0.15, -0.1) is 0 Å². The van der Waals surface area contributed by atoms with Crippen LogP contribution in [-0.4, -0.2) is 37.8 Å². The van der Waals surface area contributed by atoms with E-state index in [-0.39, 0.29) is 11.6 Å². The number of imidazole rings is 2. The maximum absolute atomic E-state index is 12.2. The molecule has 0 aliphatic carbocycles. The largest absolute Gasteiger partial charge is 0.340 e. The number of carbonyl (C=O) groups is 1. The lowest BCUT2D eigenvalue weighted by molar-refractivity contribution is 0.0776. The number of rotatable bonds is 3. The third-order valence-electron chi connectivity index (χ3n) is 3.71. The van der Waals surface area contributed by atoms with Crippen LogP contribution in [0.25, 0.3) is 11.0 Å². The number of aromatic amines is 3. The van der Waals surface area contributed by atoms with E-state index < -0.39 is 5.69 Å². The minimum absolute atomic E-state index is 0.232. The zero-order valence-electron chi connectivity index (χ0n) is 12.7. The van der Waals surface area contributed by atoms with Crippen LogP contribution in [0, 0.1) is 13.8 Å². The summed E-state index contributed by atoms with van der Waals surface area (Å²) in [6, 6.07) is 4.07. The second-order valence-electron chi connectivity index (χ2n) is 5.45. The summed E-state index contributed by atoms with van der Waals surface area (Å²) in [6.45, 7) is 4.42. The summed E-state index contributed by atoms with van der Waals surface area (Å²) in [5.41, 5.74) is 4.04. The van der Waals surface area contributed by atoms with Crippen molar-refractivity contribution in [2.24, 2.45) is 0 Å². The van der Waals surface area contributed by atoms with Gasteiger partial charge in [-0.1, -0.05) is 0 Å². The van der Waals surface area contributed by atoms with Gasteiger partial charge in [-0.25, -0.2) is 9.78 Å². The molecule has 0 aliphatic heterocycles. The Labute approximate surface area is 126 Å². The van der Waals surface area contributed by atoms with E-state index in [1.165, 1.54) is 22.2 Å². The number of aryl methyl sites for hydroxylation is 2. The van der Waals surface area contributed by atoms with Crippen molar-refractivity contribution in [2.75, 3.05) is 7.05 Å². The van der Waals surface area contributed by atoms with Gasteiger partial charge in [0.05, 0.1) is 17.6 Å². The zero-order valence-corrected chi connectivity index (χ0v) is 12.7. The lowest BCUT2D eigenvalue weighted by atomic mass is 10.1. The standard InChI is InChI=1S/C15H17N5O2/c1-8-4-10-11(5-9(8)2)18-13(17-10)7-20(3)14(21)12-6-16-15(22)19-12/h4-6H,7H2,1-3H3,(H,17,18)(H2,16,19,22). The molecule has 1 amide bonds. The molecule has 0 spiro atoms. The summed E-state index contributed by atoms with van der Waals surface area (Å²) >= 11 is 0. The van der Waals surface area contributed by atoms with Gasteiger partial charge in [-0.2, -0.15) is 0 Å². The van der Waals surface area contributed by atoms with Crippen LogP contribution in [0.1, 0.15) is 27.4 Å². The molecule has 7 heteroatoms. The number of amides is 1. The van der Waals surface area contributed by atoms with Crippen LogP contribution in [-0.2, 0) is 6.54 Å². The predicted octanol–water partition coefficient (Wildman–Crippen LogP) is 1.47. The van der Waals surface area contributed by atoms with E-state index >= 15 is 0 Å². The molecule has 0 saturated carbocycles. The van der Waals surface area contributed by atoms with E-state index in [0.29, 0.717) is 12.4 Å². The van der Waals surface area contributed by atoms with E-state index in [4.69, 9.17) is 0 Å². The van der Waals surface area contributed by atoms with Gasteiger partial charge >= 0.3 is 5.69 Å². The molecule has 0 atom stereocenters. The number of carbonyl (C=O) groups excluding carboxylic acids is 1. The summed E-state index contributed by atoms with van der Waals surface area (Å²) in [4.78, 5) is 37.3. The summed E-state index contributed by atoms with van der Waals surface area (Å²) in [5.74, 6) is 0.430. The molecular weight excluding hydrogens is 282 g/mol. The van der Waals surface area contributed by atoms with Crippen LogP contribution >= 0.6 is 0 Å². The van der Waals surface area contributed by atoms with Crippen LogP contribution in [0.4, 0.5) is 0 Å². The summed E-state index contributed by atoms with van der Waals surface area (Å²) < 4.78 is 0. The highest BCUT2D eigenvalue weighted by Crippen LogP contribution is 2.18. The van der Waals surface area contributed by atoms with Crippen LogP contribution in [0.15, 0.2) is 23.1 Å². The monoisotopic (exact) mass is 299 g/mol. The van der Waals surface area contributed by atoms with Crippen LogP contribution < -0.4 is 5.69 Å². The molecule has 0 saturated heterocycles. The first-order valence-electron chi connectivity index (χ1n) is 6.93. The number of hydrogen-bond donors (Lipinski definition) is 3. The Bertz CT molecular complexity index is 863. The third-order valence-corrected chi connectivity index (χ3v) is 3.71. The third kappa shape index (κ3) is 2.52. The van der Waals surface area contributed by atoms with Gasteiger partial charge in [0.2, 0.25) is 0 Å². The highest BCUT2D eigenvalue weighted by molar-refractivity contribution is 5.91. The Balaban J connectivity index is 1.83. The minimum atomic E-state index is -0.397. The Morgan fingerprint density at radius 3 is 2.64 bits per heavy atom. The molecule has 2 heterocycles. The molecule has 0 aliphatic rings. The quantitative estimate of drug-likeness (QED) is 0.683. The maximum Gasteiger partial charge on any atom is 0.323 e. The first kappa shape index (κ1) is 14.1. The number of aromatic nitrogens is 4. The second kappa shape index (κ2) is 5.18. The average Bonchev–Trinajstić information content (AvgIpc) is 3.04. The van der Waals surface area contributed by atoms with Crippen molar-refractivity contribution in [3.05, 3.63) is 51.5 Å². The zero-order chi connectivity index (χ0) is 15.9. The van der Waals surface area contributed by atoms with Gasteiger partial charge in [0.25, 0.3) is 5.91 Å². The van der Waals surface area contributed by atoms with Crippen molar-refractivity contribution in [3.8, 4) is 0 Å². The topological polar surface area (TPSA) is 97.6 Å².